The molecule has 0 atom stereocenters. The molecule has 1 heterocycles. The Kier molecular flexibility index (Phi) is 4.24. The van der Waals surface area contributed by atoms with Gasteiger partial charge in [0.2, 0.25) is 0 Å². The van der Waals surface area contributed by atoms with Gasteiger partial charge in [-0.05, 0) is 24.3 Å². The Labute approximate surface area is 122 Å². The number of rotatable bonds is 4. The Morgan fingerprint density at radius 2 is 2.23 bits per heavy atom. The monoisotopic (exact) mass is 302 g/mol. The second-order valence-corrected chi connectivity index (χ2v) is 3.94. The quantitative estimate of drug-likeness (QED) is 0.525. The number of nitrogens with one attached hydrogen (secondary N) is 1. The predicted molar refractivity (Wildman–Crippen MR) is 71.5 cm³/mol. The van der Waals surface area contributed by atoms with E-state index in [0.717, 1.165) is 24.4 Å². The van der Waals surface area contributed by atoms with Gasteiger partial charge in [-0.2, -0.15) is 10.4 Å². The van der Waals surface area contributed by atoms with Crippen molar-refractivity contribution in [3.05, 3.63) is 63.2 Å². The third-order valence-electron chi connectivity index (χ3n) is 2.49. The van der Waals surface area contributed by atoms with E-state index >= 15 is 0 Å². The van der Waals surface area contributed by atoms with E-state index < -0.39 is 22.5 Å². The maximum Gasteiger partial charge on any atom is 0.433 e. The summed E-state index contributed by atoms with van der Waals surface area (Å²) in [6, 6.07) is 7.52. The van der Waals surface area contributed by atoms with Crippen LogP contribution in [0.2, 0.25) is 0 Å². The van der Waals surface area contributed by atoms with Crippen molar-refractivity contribution in [1.29, 1.82) is 5.26 Å². The molecule has 0 radical (unpaired) electrons. The lowest BCUT2D eigenvalue weighted by molar-refractivity contribution is -0.402. The molecule has 2 aromatic rings. The Hall–Kier alpha value is -3.54. The summed E-state index contributed by atoms with van der Waals surface area (Å²) in [5.74, 6) is -2.11. The molecule has 0 aliphatic heterocycles. The summed E-state index contributed by atoms with van der Waals surface area (Å²) < 4.78 is 18.3. The molecule has 1 aromatic heterocycles. The van der Waals surface area contributed by atoms with Crippen molar-refractivity contribution in [3.8, 4) is 6.07 Å². The van der Waals surface area contributed by atoms with Gasteiger partial charge in [-0.15, -0.1) is 0 Å². The topological polar surface area (TPSA) is 122 Å². The molecule has 1 aromatic carbocycles. The van der Waals surface area contributed by atoms with E-state index in [0.29, 0.717) is 0 Å². The lowest BCUT2D eigenvalue weighted by Crippen LogP contribution is -2.19. The van der Waals surface area contributed by atoms with Crippen LogP contribution in [0.1, 0.15) is 21.7 Å². The summed E-state index contributed by atoms with van der Waals surface area (Å²) >= 11 is 0. The zero-order valence-electron chi connectivity index (χ0n) is 10.8. The number of amides is 1. The van der Waals surface area contributed by atoms with Crippen molar-refractivity contribution in [2.75, 3.05) is 0 Å². The van der Waals surface area contributed by atoms with Crippen molar-refractivity contribution < 1.29 is 18.5 Å². The van der Waals surface area contributed by atoms with Crippen molar-refractivity contribution in [2.45, 2.75) is 0 Å². The summed E-state index contributed by atoms with van der Waals surface area (Å²) in [4.78, 5) is 21.4. The summed E-state index contributed by atoms with van der Waals surface area (Å²) in [6.45, 7) is 0. The van der Waals surface area contributed by atoms with Crippen molar-refractivity contribution in [1.82, 2.24) is 5.43 Å². The molecule has 1 N–H and O–H groups in total. The molecular formula is C13H7FN4O4. The third kappa shape index (κ3) is 3.31. The van der Waals surface area contributed by atoms with Crippen LogP contribution in [0.3, 0.4) is 0 Å². The minimum Gasteiger partial charge on any atom is -0.400 e. The lowest BCUT2D eigenvalue weighted by atomic mass is 10.1. The highest BCUT2D eigenvalue weighted by Crippen LogP contribution is 2.14. The van der Waals surface area contributed by atoms with Gasteiger partial charge in [-0.1, -0.05) is 0 Å². The van der Waals surface area contributed by atoms with Crippen LogP contribution in [-0.2, 0) is 0 Å². The van der Waals surface area contributed by atoms with Crippen molar-refractivity contribution in [3.63, 3.8) is 0 Å². The van der Waals surface area contributed by atoms with Gasteiger partial charge in [0, 0.05) is 0 Å². The molecule has 0 saturated carbocycles. The zero-order valence-corrected chi connectivity index (χ0v) is 10.8. The molecule has 1 amide bonds. The molecular weight excluding hydrogens is 295 g/mol. The van der Waals surface area contributed by atoms with Gasteiger partial charge in [0.05, 0.1) is 29.5 Å². The molecule has 0 bridgehead atoms. The number of benzene rings is 1. The standard InChI is InChI=1S/C13H7FN4O4/c14-11-5-8(6-15)1-3-10(11)13(19)17-16-7-9-2-4-12(22-9)18(20)21/h1-5,7H,(H,17,19)/b16-7-. The average molecular weight is 302 g/mol. The Balaban J connectivity index is 2.04. The van der Waals surface area contributed by atoms with Crippen LogP contribution in [0.5, 0.6) is 0 Å². The molecule has 0 spiro atoms. The molecule has 2 rings (SSSR count). The molecule has 22 heavy (non-hydrogen) atoms. The Bertz CT molecular complexity index is 807. The molecule has 0 fully saturated rings. The van der Waals surface area contributed by atoms with E-state index in [-0.39, 0.29) is 16.9 Å². The highest BCUT2D eigenvalue weighted by atomic mass is 19.1. The van der Waals surface area contributed by atoms with Crippen LogP contribution in [0, 0.1) is 27.3 Å². The first-order chi connectivity index (χ1) is 10.5. The molecule has 0 aliphatic rings. The number of halogens is 1. The first-order valence-corrected chi connectivity index (χ1v) is 5.78. The minimum absolute atomic E-state index is 0.0484. The summed E-state index contributed by atoms with van der Waals surface area (Å²) in [5, 5.41) is 22.5. The van der Waals surface area contributed by atoms with Gasteiger partial charge in [0.15, 0.2) is 5.76 Å². The van der Waals surface area contributed by atoms with Gasteiger partial charge in [-0.25, -0.2) is 9.82 Å². The normalized spacial score (nSPS) is 10.4. The zero-order chi connectivity index (χ0) is 16.1. The second-order valence-electron chi connectivity index (χ2n) is 3.94. The van der Waals surface area contributed by atoms with Crippen LogP contribution >= 0.6 is 0 Å². The Morgan fingerprint density at radius 3 is 2.82 bits per heavy atom. The van der Waals surface area contributed by atoms with Gasteiger partial charge in [0.1, 0.15) is 10.7 Å². The molecule has 8 nitrogen and oxygen atoms in total. The number of hydrazone groups is 1. The van der Waals surface area contributed by atoms with Crippen LogP contribution in [0.4, 0.5) is 10.3 Å². The highest BCUT2D eigenvalue weighted by molar-refractivity contribution is 5.95. The minimum atomic E-state index is -0.861. The molecule has 0 aliphatic carbocycles. The van der Waals surface area contributed by atoms with Gasteiger partial charge < -0.3 is 4.42 Å². The smallest absolute Gasteiger partial charge is 0.400 e. The maximum absolute atomic E-state index is 13.6. The first kappa shape index (κ1) is 14.9. The number of nitrogens with zero attached hydrogens (tertiary/aromatic N) is 3. The number of nitriles is 1. The van der Waals surface area contributed by atoms with E-state index in [1.165, 1.54) is 12.1 Å². The summed E-state index contributed by atoms with van der Waals surface area (Å²) in [6.07, 6.45) is 1.03. The number of hydrogen-bond donors (Lipinski definition) is 1. The Morgan fingerprint density at radius 1 is 1.45 bits per heavy atom. The fraction of sp³-hybridized carbons (Fsp3) is 0. The van der Waals surface area contributed by atoms with Crippen LogP contribution in [0.15, 0.2) is 39.9 Å². The average Bonchev–Trinajstić information content (AvgIpc) is 2.96. The fourth-order valence-electron chi connectivity index (χ4n) is 1.49. The highest BCUT2D eigenvalue weighted by Gasteiger charge is 2.12. The molecule has 0 unspecified atom stereocenters. The number of hydrogen-bond acceptors (Lipinski definition) is 6. The van der Waals surface area contributed by atoms with E-state index in [9.17, 15) is 19.3 Å². The number of carbonyl (C=O) groups excluding carboxylic acids is 1. The van der Waals surface area contributed by atoms with Crippen molar-refractivity contribution in [2.24, 2.45) is 5.10 Å². The third-order valence-corrected chi connectivity index (χ3v) is 2.49. The van der Waals surface area contributed by atoms with E-state index in [1.807, 2.05) is 5.43 Å². The van der Waals surface area contributed by atoms with Crippen LogP contribution in [-0.4, -0.2) is 17.0 Å². The van der Waals surface area contributed by atoms with E-state index in [4.69, 9.17) is 9.68 Å². The summed E-state index contributed by atoms with van der Waals surface area (Å²) in [5.41, 5.74) is 1.84. The molecule has 9 heteroatoms. The van der Waals surface area contributed by atoms with Crippen LogP contribution in [0.25, 0.3) is 0 Å². The molecule has 110 valence electrons. The van der Waals surface area contributed by atoms with Gasteiger partial charge in [0.25, 0.3) is 5.91 Å². The number of nitro groups is 1. The van der Waals surface area contributed by atoms with Crippen molar-refractivity contribution >= 4 is 18.0 Å². The van der Waals surface area contributed by atoms with E-state index in [1.54, 1.807) is 6.07 Å². The lowest BCUT2D eigenvalue weighted by Gasteiger charge is -2.01. The fourth-order valence-corrected chi connectivity index (χ4v) is 1.49. The second kappa shape index (κ2) is 6.27. The predicted octanol–water partition coefficient (Wildman–Crippen LogP) is 1.96. The first-order valence-electron chi connectivity index (χ1n) is 5.78. The number of carbonyl (C=O) groups is 1. The molecule has 0 saturated heterocycles. The van der Waals surface area contributed by atoms with Gasteiger partial charge in [-0.3, -0.25) is 14.9 Å². The largest absolute Gasteiger partial charge is 0.433 e. The van der Waals surface area contributed by atoms with Crippen LogP contribution < -0.4 is 5.43 Å². The number of furan rings is 1. The maximum atomic E-state index is 13.6. The van der Waals surface area contributed by atoms with Gasteiger partial charge >= 0.3 is 5.88 Å². The van der Waals surface area contributed by atoms with E-state index in [2.05, 4.69) is 5.10 Å². The SMILES string of the molecule is N#Cc1ccc(C(=O)N/N=C\c2ccc([N+](=O)[O-])o2)c(F)c1. The summed E-state index contributed by atoms with van der Waals surface area (Å²) in [7, 11) is 0.